The number of nitrogens with zero attached hydrogens (tertiary/aromatic N) is 1. The van der Waals surface area contributed by atoms with E-state index in [1.54, 1.807) is 12.1 Å². The van der Waals surface area contributed by atoms with Gasteiger partial charge in [0.1, 0.15) is 0 Å². The number of benzene rings is 2. The molecule has 2 aromatic rings. The molecule has 2 aromatic carbocycles. The lowest BCUT2D eigenvalue weighted by Gasteiger charge is -2.10. The van der Waals surface area contributed by atoms with Gasteiger partial charge in [0.15, 0.2) is 0 Å². The summed E-state index contributed by atoms with van der Waals surface area (Å²) >= 11 is 6.03. The Bertz CT molecular complexity index is 614. The second-order valence-electron chi connectivity index (χ2n) is 4.19. The Morgan fingerprint density at radius 1 is 1.26 bits per heavy atom. The van der Waals surface area contributed by atoms with Gasteiger partial charge in [0.25, 0.3) is 5.69 Å². The van der Waals surface area contributed by atoms with Crippen molar-refractivity contribution >= 4 is 23.0 Å². The van der Waals surface area contributed by atoms with Gasteiger partial charge in [-0.1, -0.05) is 29.8 Å². The van der Waals surface area contributed by atoms with Gasteiger partial charge in [-0.05, 0) is 30.2 Å². The third-order valence-electron chi connectivity index (χ3n) is 2.87. The molecule has 2 rings (SSSR count). The molecule has 0 amide bonds. The fourth-order valence-corrected chi connectivity index (χ4v) is 1.95. The first-order valence-electron chi connectivity index (χ1n) is 5.80. The van der Waals surface area contributed by atoms with Crippen LogP contribution >= 0.6 is 11.6 Å². The second kappa shape index (κ2) is 5.71. The first-order chi connectivity index (χ1) is 9.08. The summed E-state index contributed by atoms with van der Waals surface area (Å²) in [5.74, 6) is 0. The molecule has 4 nitrogen and oxygen atoms in total. The molecule has 0 aromatic heterocycles. The van der Waals surface area contributed by atoms with E-state index < -0.39 is 4.92 Å². The molecule has 0 heterocycles. The molecule has 0 unspecified atom stereocenters. The number of nitro benzene ring substituents is 1. The van der Waals surface area contributed by atoms with Crippen LogP contribution < -0.4 is 5.32 Å². The standard InChI is InChI=1S/C14H13ClN2O2/c1-10-13(15)6-3-7-14(10)16-9-11-4-2-5-12(8-11)17(18)19/h2-8,16H,9H2,1H3. The maximum Gasteiger partial charge on any atom is 0.269 e. The smallest absolute Gasteiger partial charge is 0.269 e. The van der Waals surface area contributed by atoms with Crippen LogP contribution in [0.5, 0.6) is 0 Å². The molecule has 19 heavy (non-hydrogen) atoms. The summed E-state index contributed by atoms with van der Waals surface area (Å²) in [4.78, 5) is 10.3. The van der Waals surface area contributed by atoms with Crippen LogP contribution in [0.2, 0.25) is 5.02 Å². The van der Waals surface area contributed by atoms with Gasteiger partial charge in [0.2, 0.25) is 0 Å². The van der Waals surface area contributed by atoms with E-state index in [0.717, 1.165) is 16.8 Å². The highest BCUT2D eigenvalue weighted by atomic mass is 35.5. The normalized spacial score (nSPS) is 10.2. The Hall–Kier alpha value is -2.07. The predicted molar refractivity (Wildman–Crippen MR) is 76.6 cm³/mol. The van der Waals surface area contributed by atoms with Gasteiger partial charge in [0.05, 0.1) is 4.92 Å². The lowest BCUT2D eigenvalue weighted by atomic mass is 10.1. The minimum absolute atomic E-state index is 0.0992. The predicted octanol–water partition coefficient (Wildman–Crippen LogP) is 4.17. The van der Waals surface area contributed by atoms with Crippen molar-refractivity contribution in [2.45, 2.75) is 13.5 Å². The van der Waals surface area contributed by atoms with E-state index in [-0.39, 0.29) is 5.69 Å². The van der Waals surface area contributed by atoms with Crippen molar-refractivity contribution in [1.29, 1.82) is 0 Å². The van der Waals surface area contributed by atoms with Crippen LogP contribution in [-0.2, 0) is 6.54 Å². The Morgan fingerprint density at radius 2 is 2.00 bits per heavy atom. The molecule has 0 bridgehead atoms. The SMILES string of the molecule is Cc1c(Cl)cccc1NCc1cccc([N+](=O)[O-])c1. The molecule has 0 spiro atoms. The third kappa shape index (κ3) is 3.23. The van der Waals surface area contributed by atoms with Gasteiger partial charge in [-0.25, -0.2) is 0 Å². The Balaban J connectivity index is 2.12. The monoisotopic (exact) mass is 276 g/mol. The average Bonchev–Trinajstić information content (AvgIpc) is 2.41. The summed E-state index contributed by atoms with van der Waals surface area (Å²) in [5.41, 5.74) is 2.85. The van der Waals surface area contributed by atoms with Crippen molar-refractivity contribution in [1.82, 2.24) is 0 Å². The lowest BCUT2D eigenvalue weighted by Crippen LogP contribution is -2.01. The summed E-state index contributed by atoms with van der Waals surface area (Å²) < 4.78 is 0. The largest absolute Gasteiger partial charge is 0.381 e. The first kappa shape index (κ1) is 13.4. The van der Waals surface area contributed by atoms with Gasteiger partial charge in [-0.15, -0.1) is 0 Å². The maximum atomic E-state index is 10.7. The highest BCUT2D eigenvalue weighted by molar-refractivity contribution is 6.31. The number of nitrogens with one attached hydrogen (secondary N) is 1. The molecule has 0 aliphatic heterocycles. The zero-order chi connectivity index (χ0) is 13.8. The van der Waals surface area contributed by atoms with Gasteiger partial charge in [-0.3, -0.25) is 10.1 Å². The van der Waals surface area contributed by atoms with Gasteiger partial charge in [-0.2, -0.15) is 0 Å². The third-order valence-corrected chi connectivity index (χ3v) is 3.28. The number of hydrogen-bond donors (Lipinski definition) is 1. The zero-order valence-electron chi connectivity index (χ0n) is 10.4. The Kier molecular flexibility index (Phi) is 4.02. The number of anilines is 1. The molecule has 98 valence electrons. The maximum absolute atomic E-state index is 10.7. The molecular weight excluding hydrogens is 264 g/mol. The number of halogens is 1. The summed E-state index contributed by atoms with van der Waals surface area (Å²) in [6.45, 7) is 2.45. The van der Waals surface area contributed by atoms with Crippen molar-refractivity contribution in [3.05, 3.63) is 68.7 Å². The van der Waals surface area contributed by atoms with E-state index in [4.69, 9.17) is 11.6 Å². The van der Waals surface area contributed by atoms with Crippen LogP contribution in [0.25, 0.3) is 0 Å². The van der Waals surface area contributed by atoms with Gasteiger partial charge in [0, 0.05) is 29.4 Å². The Labute approximate surface area is 116 Å². The number of nitro groups is 1. The molecule has 0 radical (unpaired) electrons. The van der Waals surface area contributed by atoms with E-state index in [2.05, 4.69) is 5.32 Å². The van der Waals surface area contributed by atoms with Crippen molar-refractivity contribution in [2.24, 2.45) is 0 Å². The first-order valence-corrected chi connectivity index (χ1v) is 6.18. The minimum atomic E-state index is -0.395. The van der Waals surface area contributed by atoms with Crippen molar-refractivity contribution in [3.63, 3.8) is 0 Å². The van der Waals surface area contributed by atoms with Crippen LogP contribution in [0.4, 0.5) is 11.4 Å². The summed E-state index contributed by atoms with van der Waals surface area (Å²) in [6.07, 6.45) is 0. The molecule has 0 aliphatic rings. The van der Waals surface area contributed by atoms with Crippen LogP contribution in [0.15, 0.2) is 42.5 Å². The van der Waals surface area contributed by atoms with Crippen molar-refractivity contribution < 1.29 is 4.92 Å². The zero-order valence-corrected chi connectivity index (χ0v) is 11.1. The summed E-state index contributed by atoms with van der Waals surface area (Å²) in [6, 6.07) is 12.2. The van der Waals surface area contributed by atoms with E-state index in [1.165, 1.54) is 6.07 Å². The number of non-ortho nitro benzene ring substituents is 1. The topological polar surface area (TPSA) is 55.2 Å². The van der Waals surface area contributed by atoms with Crippen LogP contribution in [-0.4, -0.2) is 4.92 Å². The molecule has 0 aliphatic carbocycles. The van der Waals surface area contributed by atoms with E-state index in [9.17, 15) is 10.1 Å². The second-order valence-corrected chi connectivity index (χ2v) is 4.60. The average molecular weight is 277 g/mol. The van der Waals surface area contributed by atoms with Crippen molar-refractivity contribution in [2.75, 3.05) is 5.32 Å². The Morgan fingerprint density at radius 3 is 2.74 bits per heavy atom. The summed E-state index contributed by atoms with van der Waals surface area (Å²) in [7, 11) is 0. The number of hydrogen-bond acceptors (Lipinski definition) is 3. The molecular formula is C14H13ClN2O2. The summed E-state index contributed by atoms with van der Waals surface area (Å²) in [5, 5.41) is 14.6. The highest BCUT2D eigenvalue weighted by Crippen LogP contribution is 2.23. The molecule has 0 saturated heterocycles. The van der Waals surface area contributed by atoms with Gasteiger partial charge >= 0.3 is 0 Å². The molecule has 1 N–H and O–H groups in total. The molecule has 5 heteroatoms. The van der Waals surface area contributed by atoms with Crippen LogP contribution in [0.3, 0.4) is 0 Å². The minimum Gasteiger partial charge on any atom is -0.381 e. The van der Waals surface area contributed by atoms with Gasteiger partial charge < -0.3 is 5.32 Å². The fourth-order valence-electron chi connectivity index (χ4n) is 1.78. The lowest BCUT2D eigenvalue weighted by molar-refractivity contribution is -0.384. The quantitative estimate of drug-likeness (QED) is 0.673. The van der Waals surface area contributed by atoms with E-state index >= 15 is 0 Å². The fraction of sp³-hybridized carbons (Fsp3) is 0.143. The van der Waals surface area contributed by atoms with Crippen molar-refractivity contribution in [3.8, 4) is 0 Å². The molecule has 0 fully saturated rings. The highest BCUT2D eigenvalue weighted by Gasteiger charge is 2.06. The molecule has 0 saturated carbocycles. The van der Waals surface area contributed by atoms with E-state index in [1.807, 2.05) is 31.2 Å². The molecule has 0 atom stereocenters. The van der Waals surface area contributed by atoms with Crippen LogP contribution in [0.1, 0.15) is 11.1 Å². The number of rotatable bonds is 4. The van der Waals surface area contributed by atoms with Crippen LogP contribution in [0, 0.1) is 17.0 Å². The van der Waals surface area contributed by atoms with E-state index in [0.29, 0.717) is 11.6 Å².